The number of aromatic amines is 1. The second-order valence-electron chi connectivity index (χ2n) is 9.14. The molecule has 7 nitrogen and oxygen atoms in total. The van der Waals surface area contributed by atoms with Crippen LogP contribution < -0.4 is 0 Å². The average Bonchev–Trinajstić information content (AvgIpc) is 3.39. The zero-order valence-electron chi connectivity index (χ0n) is 18.4. The Balaban J connectivity index is 0.000000265. The van der Waals surface area contributed by atoms with E-state index in [-0.39, 0.29) is 5.92 Å². The van der Waals surface area contributed by atoms with E-state index in [1.807, 2.05) is 12.1 Å². The Bertz CT molecular complexity index is 1180. The lowest BCUT2D eigenvalue weighted by Crippen LogP contribution is -2.23. The van der Waals surface area contributed by atoms with Gasteiger partial charge in [0, 0.05) is 36.8 Å². The van der Waals surface area contributed by atoms with Gasteiger partial charge in [0.05, 0.1) is 51.5 Å². The molecule has 0 radical (unpaired) electrons. The maximum absolute atomic E-state index is 12.4. The van der Waals surface area contributed by atoms with Crippen molar-refractivity contribution in [1.82, 2.24) is 19.3 Å². The van der Waals surface area contributed by atoms with Crippen LogP contribution in [0, 0.1) is 17.2 Å². The Labute approximate surface area is 190 Å². The van der Waals surface area contributed by atoms with E-state index in [1.165, 1.54) is 32.1 Å². The second kappa shape index (κ2) is 9.26. The van der Waals surface area contributed by atoms with E-state index in [4.69, 9.17) is 15.0 Å². The molecule has 2 saturated heterocycles. The predicted molar refractivity (Wildman–Crippen MR) is 125 cm³/mol. The summed E-state index contributed by atoms with van der Waals surface area (Å²) < 4.78 is 19.8. The van der Waals surface area contributed by atoms with Crippen LogP contribution in [0.25, 0.3) is 21.9 Å². The minimum Gasteiger partial charge on any atom is -0.379 e. The summed E-state index contributed by atoms with van der Waals surface area (Å²) in [5.74, 6) is 2.39. The number of ether oxygens (including phenoxy) is 1. The first-order chi connectivity index (χ1) is 15.6. The fourth-order valence-corrected chi connectivity index (χ4v) is 5.95. The third-order valence-corrected chi connectivity index (χ3v) is 8.03. The zero-order valence-corrected chi connectivity index (χ0v) is 19.2. The molecule has 3 fully saturated rings. The van der Waals surface area contributed by atoms with Crippen molar-refractivity contribution in [1.29, 1.82) is 5.26 Å². The minimum atomic E-state index is -0.911. The Morgan fingerprint density at radius 2 is 2.19 bits per heavy atom. The van der Waals surface area contributed by atoms with Crippen LogP contribution in [0.15, 0.2) is 24.4 Å². The number of rotatable bonds is 3. The fraction of sp³-hybridized carbons (Fsp3) is 0.542. The highest BCUT2D eigenvalue weighted by Crippen LogP contribution is 2.34. The van der Waals surface area contributed by atoms with Gasteiger partial charge in [-0.1, -0.05) is 0 Å². The van der Waals surface area contributed by atoms with Gasteiger partial charge in [0.1, 0.15) is 5.82 Å². The highest BCUT2D eigenvalue weighted by Gasteiger charge is 2.35. The highest BCUT2D eigenvalue weighted by molar-refractivity contribution is 7.82. The summed E-state index contributed by atoms with van der Waals surface area (Å²) >= 11 is 0. The molecule has 1 saturated carbocycles. The number of pyridine rings is 1. The van der Waals surface area contributed by atoms with Crippen molar-refractivity contribution >= 4 is 32.9 Å². The van der Waals surface area contributed by atoms with Crippen molar-refractivity contribution in [3.05, 3.63) is 35.8 Å². The average molecular weight is 452 g/mol. The molecule has 1 N–H and O–H groups in total. The maximum Gasteiger partial charge on any atom is 0.112 e. The van der Waals surface area contributed by atoms with Crippen LogP contribution in [0.4, 0.5) is 0 Å². The lowest BCUT2D eigenvalue weighted by molar-refractivity contribution is 0.0285. The standard InChI is InChI=1S/C18H17N5OS.C6H12O/c19-6-12-3-4-15-14(5-12)17-16(7-20-15)21-18(22-17)13-9-23(25(24)10-13)8-11-1-2-11;1-6-4-2-3-5-7-6/h3-5,7,11,13H,1-2,8-10H2,(H,21,22);6H,2-5H2,1H3/t13-,25?;6-/m11/s1. The fourth-order valence-electron chi connectivity index (χ4n) is 4.41. The van der Waals surface area contributed by atoms with Crippen molar-refractivity contribution in [2.45, 2.75) is 51.0 Å². The number of H-pyrrole nitrogens is 1. The van der Waals surface area contributed by atoms with E-state index in [0.717, 1.165) is 53.4 Å². The molecule has 2 aromatic heterocycles. The molecule has 1 unspecified atom stereocenters. The zero-order chi connectivity index (χ0) is 22.1. The van der Waals surface area contributed by atoms with Crippen LogP contribution >= 0.6 is 0 Å². The first kappa shape index (κ1) is 21.5. The van der Waals surface area contributed by atoms with Gasteiger partial charge in [-0.05, 0) is 63.1 Å². The number of aromatic nitrogens is 3. The number of nitrogens with one attached hydrogen (secondary N) is 1. The molecule has 0 amide bonds. The third kappa shape index (κ3) is 4.70. The van der Waals surface area contributed by atoms with Crippen molar-refractivity contribution in [3.63, 3.8) is 0 Å². The summed E-state index contributed by atoms with van der Waals surface area (Å²) in [4.78, 5) is 12.6. The van der Waals surface area contributed by atoms with Gasteiger partial charge in [0.25, 0.3) is 0 Å². The number of hydrogen-bond acceptors (Lipinski definition) is 5. The summed E-state index contributed by atoms with van der Waals surface area (Å²) in [6.07, 6.45) is 8.75. The summed E-state index contributed by atoms with van der Waals surface area (Å²) in [7, 11) is -0.911. The van der Waals surface area contributed by atoms with Crippen LogP contribution in [0.3, 0.4) is 0 Å². The molecular weight excluding hydrogens is 422 g/mol. The largest absolute Gasteiger partial charge is 0.379 e. The van der Waals surface area contributed by atoms with Gasteiger partial charge in [-0.15, -0.1) is 0 Å². The van der Waals surface area contributed by atoms with Gasteiger partial charge < -0.3 is 9.72 Å². The topological polar surface area (TPSA) is 94.9 Å². The molecule has 8 heteroatoms. The monoisotopic (exact) mass is 451 g/mol. The second-order valence-corrected chi connectivity index (χ2v) is 10.6. The van der Waals surface area contributed by atoms with Crippen LogP contribution in [0.1, 0.15) is 56.3 Å². The molecule has 1 aliphatic carbocycles. The van der Waals surface area contributed by atoms with Crippen molar-refractivity contribution in [3.8, 4) is 6.07 Å². The van der Waals surface area contributed by atoms with E-state index >= 15 is 0 Å². The van der Waals surface area contributed by atoms with Crippen LogP contribution in [0.5, 0.6) is 0 Å². The number of nitriles is 1. The smallest absolute Gasteiger partial charge is 0.112 e. The van der Waals surface area contributed by atoms with E-state index in [9.17, 15) is 4.21 Å². The maximum atomic E-state index is 12.4. The number of hydrogen-bond donors (Lipinski definition) is 1. The molecule has 3 aliphatic rings. The SMILES string of the molecule is C[C@@H]1CCCCO1.N#Cc1ccc2ncc3[nH]c([C@@H]4CN(CC5CC5)S(=O)C4)nc3c2c1. The van der Waals surface area contributed by atoms with Crippen molar-refractivity contribution < 1.29 is 8.95 Å². The van der Waals surface area contributed by atoms with Gasteiger partial charge in [-0.25, -0.2) is 13.5 Å². The number of benzene rings is 1. The summed E-state index contributed by atoms with van der Waals surface area (Å²) in [6, 6.07) is 7.62. The molecule has 3 atom stereocenters. The van der Waals surface area contributed by atoms with Crippen LogP contribution in [0.2, 0.25) is 0 Å². The number of imidazole rings is 1. The summed E-state index contributed by atoms with van der Waals surface area (Å²) in [6.45, 7) is 4.86. The van der Waals surface area contributed by atoms with Gasteiger partial charge >= 0.3 is 0 Å². The Morgan fingerprint density at radius 3 is 2.88 bits per heavy atom. The third-order valence-electron chi connectivity index (χ3n) is 6.47. The first-order valence-electron chi connectivity index (χ1n) is 11.5. The predicted octanol–water partition coefficient (Wildman–Crippen LogP) is 4.03. The van der Waals surface area contributed by atoms with E-state index in [2.05, 4.69) is 27.3 Å². The molecule has 1 aromatic carbocycles. The Hall–Kier alpha value is -2.34. The van der Waals surface area contributed by atoms with Gasteiger partial charge in [-0.2, -0.15) is 5.26 Å². The molecule has 4 heterocycles. The van der Waals surface area contributed by atoms with Crippen molar-refractivity contribution in [2.75, 3.05) is 25.4 Å². The lowest BCUT2D eigenvalue weighted by Gasteiger charge is -2.17. The molecule has 0 bridgehead atoms. The Kier molecular flexibility index (Phi) is 6.22. The van der Waals surface area contributed by atoms with Crippen molar-refractivity contribution in [2.24, 2.45) is 5.92 Å². The number of nitrogens with zero attached hydrogens (tertiary/aromatic N) is 4. The molecular formula is C24H29N5O2S. The molecule has 32 heavy (non-hydrogen) atoms. The van der Waals surface area contributed by atoms with Gasteiger partial charge in [0.15, 0.2) is 0 Å². The van der Waals surface area contributed by atoms with Gasteiger partial charge in [-0.3, -0.25) is 4.98 Å². The Morgan fingerprint density at radius 1 is 1.31 bits per heavy atom. The molecule has 0 spiro atoms. The molecule has 168 valence electrons. The summed E-state index contributed by atoms with van der Waals surface area (Å²) in [5.41, 5.74) is 3.13. The molecule has 6 rings (SSSR count). The van der Waals surface area contributed by atoms with Gasteiger partial charge in [0.2, 0.25) is 0 Å². The summed E-state index contributed by atoms with van der Waals surface area (Å²) in [5, 5.41) is 10.0. The van der Waals surface area contributed by atoms with E-state index in [0.29, 0.717) is 17.4 Å². The number of fused-ring (bicyclic) bond motifs is 3. The quantitative estimate of drug-likeness (QED) is 0.649. The minimum absolute atomic E-state index is 0.154. The lowest BCUT2D eigenvalue weighted by atomic mass is 10.1. The van der Waals surface area contributed by atoms with Crippen LogP contribution in [-0.2, 0) is 15.7 Å². The first-order valence-corrected chi connectivity index (χ1v) is 12.8. The van der Waals surface area contributed by atoms with E-state index < -0.39 is 11.0 Å². The van der Waals surface area contributed by atoms with Crippen LogP contribution in [-0.4, -0.2) is 55.0 Å². The van der Waals surface area contributed by atoms with E-state index in [1.54, 1.807) is 12.3 Å². The molecule has 3 aromatic rings. The highest BCUT2D eigenvalue weighted by atomic mass is 32.2. The normalized spacial score (nSPS) is 26.1. The molecule has 2 aliphatic heterocycles.